The first-order valence-electron chi connectivity index (χ1n) is 3.41. The van der Waals surface area contributed by atoms with Crippen molar-refractivity contribution in [1.82, 2.24) is 0 Å². The van der Waals surface area contributed by atoms with Crippen LogP contribution in [0.3, 0.4) is 0 Å². The van der Waals surface area contributed by atoms with Crippen molar-refractivity contribution in [2.75, 3.05) is 0 Å². The molecule has 0 aromatic rings. The standard InChI is InChI=1S/C4H11Si.C2H3O.Mg/c1-5(2,3)4;1-2-3;/h1H2,2-4H3;1H3;. The summed E-state index contributed by atoms with van der Waals surface area (Å²) < 4.78 is 1.75. The number of carbonyl (C=O) groups excluding carboxylic acids is 1. The third kappa shape index (κ3) is 8.65. The van der Waals surface area contributed by atoms with E-state index < -0.39 is 8.07 Å². The third-order valence-corrected chi connectivity index (χ3v) is 8.93. The first kappa shape index (κ1) is 9.65. The number of hydrogen-bond acceptors (Lipinski definition) is 1. The van der Waals surface area contributed by atoms with Gasteiger partial charge in [0.05, 0.1) is 0 Å². The minimum absolute atomic E-state index is 0.335. The van der Waals surface area contributed by atoms with E-state index in [0.29, 0.717) is 3.91 Å². The second-order valence-electron chi connectivity index (χ2n) is 3.76. The highest BCUT2D eigenvalue weighted by atomic mass is 28.3. The lowest BCUT2D eigenvalue weighted by Gasteiger charge is -2.13. The maximum absolute atomic E-state index is 10.6. The van der Waals surface area contributed by atoms with Gasteiger partial charge in [0.2, 0.25) is 0 Å². The van der Waals surface area contributed by atoms with Gasteiger partial charge in [-0.3, -0.25) is 0 Å². The van der Waals surface area contributed by atoms with Crippen LogP contribution in [0.4, 0.5) is 0 Å². The quantitative estimate of drug-likeness (QED) is 0.564. The minimum atomic E-state index is -0.879. The van der Waals surface area contributed by atoms with Crippen LogP contribution in [0.15, 0.2) is 0 Å². The highest BCUT2D eigenvalue weighted by Gasteiger charge is 2.15. The molecule has 0 radical (unpaired) electrons. The van der Waals surface area contributed by atoms with Gasteiger partial charge in [-0.2, -0.15) is 0 Å². The van der Waals surface area contributed by atoms with Crippen molar-refractivity contribution >= 4 is 32.4 Å². The summed E-state index contributed by atoms with van der Waals surface area (Å²) in [4.78, 5) is 10.6. The molecule has 3 heteroatoms. The van der Waals surface area contributed by atoms with Crippen molar-refractivity contribution in [1.29, 1.82) is 0 Å². The Balaban J connectivity index is 3.39. The predicted molar refractivity (Wildman–Crippen MR) is 44.6 cm³/mol. The van der Waals surface area contributed by atoms with Crippen molar-refractivity contribution in [3.05, 3.63) is 0 Å². The Kier molecular flexibility index (Phi) is 4.00. The smallest absolute Gasteiger partial charge is 0.336 e. The number of hydrogen-bond donors (Lipinski definition) is 0. The molecule has 0 unspecified atom stereocenters. The van der Waals surface area contributed by atoms with Gasteiger partial charge in [0.15, 0.2) is 0 Å². The lowest BCUT2D eigenvalue weighted by molar-refractivity contribution is -0.110. The fraction of sp³-hybridized carbons (Fsp3) is 0.833. The molecule has 0 saturated heterocycles. The van der Waals surface area contributed by atoms with Crippen LogP contribution >= 0.6 is 0 Å². The Hall–Kier alpha value is 0.653. The normalized spacial score (nSPS) is 10.7. The van der Waals surface area contributed by atoms with E-state index in [0.717, 1.165) is 0 Å². The molecule has 0 rings (SSSR count). The van der Waals surface area contributed by atoms with Crippen molar-refractivity contribution < 1.29 is 4.79 Å². The van der Waals surface area contributed by atoms with Gasteiger partial charge in [-0.15, -0.1) is 4.17 Å². The molecule has 0 heterocycles. The van der Waals surface area contributed by atoms with Crippen molar-refractivity contribution in [2.24, 2.45) is 0 Å². The molecule has 0 aromatic carbocycles. The topological polar surface area (TPSA) is 17.1 Å². The van der Waals surface area contributed by atoms with Gasteiger partial charge in [0.1, 0.15) is 0 Å². The van der Waals surface area contributed by atoms with E-state index in [1.807, 2.05) is 0 Å². The zero-order chi connectivity index (χ0) is 7.49. The largest absolute Gasteiger partial charge is 0.464 e. The Bertz CT molecular complexity index is 106. The molecule has 0 saturated carbocycles. The van der Waals surface area contributed by atoms with E-state index in [4.69, 9.17) is 0 Å². The van der Waals surface area contributed by atoms with Crippen LogP contribution in [-0.4, -0.2) is 32.4 Å². The Morgan fingerprint density at radius 1 is 1.44 bits per heavy atom. The first-order chi connectivity index (χ1) is 3.92. The molecule has 0 aliphatic rings. The van der Waals surface area contributed by atoms with Crippen molar-refractivity contribution in [3.63, 3.8) is 0 Å². The molecule has 0 fully saturated rings. The van der Waals surface area contributed by atoms with E-state index in [-0.39, 0.29) is 20.4 Å². The van der Waals surface area contributed by atoms with Crippen LogP contribution in [0.2, 0.25) is 23.8 Å². The average molecular weight is 155 g/mol. The Morgan fingerprint density at radius 3 is 2.00 bits per heavy atom. The number of carbonyl (C=O) groups is 1. The molecule has 0 aromatic heterocycles. The van der Waals surface area contributed by atoms with E-state index >= 15 is 0 Å². The molecule has 0 bridgehead atoms. The maximum atomic E-state index is 10.6. The van der Waals surface area contributed by atoms with Gasteiger partial charge in [-0.25, -0.2) is 0 Å². The maximum Gasteiger partial charge on any atom is 0.464 e. The third-order valence-electron chi connectivity index (χ3n) is 1.23. The molecule has 0 N–H and O–H groups in total. The summed E-state index contributed by atoms with van der Waals surface area (Å²) in [6.45, 7) is 8.70. The molecule has 0 aliphatic heterocycles. The first-order valence-corrected chi connectivity index (χ1v) is 8.83. The fourth-order valence-electron chi connectivity index (χ4n) is 0.551. The summed E-state index contributed by atoms with van der Waals surface area (Å²) >= 11 is -0.335. The molecular formula is C6H14MgOSi. The Morgan fingerprint density at radius 2 is 1.89 bits per heavy atom. The average Bonchev–Trinajstić information content (AvgIpc) is 1.59. The van der Waals surface area contributed by atoms with Crippen LogP contribution in [0.5, 0.6) is 0 Å². The molecule has 0 amide bonds. The zero-order valence-corrected chi connectivity index (χ0v) is 9.24. The second kappa shape index (κ2) is 3.73. The van der Waals surface area contributed by atoms with E-state index in [9.17, 15) is 4.79 Å². The zero-order valence-electron chi connectivity index (χ0n) is 6.82. The molecule has 9 heavy (non-hydrogen) atoms. The lowest BCUT2D eigenvalue weighted by Crippen LogP contribution is -2.24. The fourth-order valence-corrected chi connectivity index (χ4v) is 4.96. The summed E-state index contributed by atoms with van der Waals surface area (Å²) in [5.41, 5.74) is 0. The SMILES string of the molecule is C[C](=O)[Mg][CH2][Si](C)(C)C. The van der Waals surface area contributed by atoms with Crippen LogP contribution in [0.1, 0.15) is 6.92 Å². The molecule has 50 valence electrons. The van der Waals surface area contributed by atoms with Crippen LogP contribution in [0, 0.1) is 0 Å². The van der Waals surface area contributed by atoms with Gasteiger partial charge in [0.25, 0.3) is 0 Å². The van der Waals surface area contributed by atoms with Crippen molar-refractivity contribution in [3.8, 4) is 0 Å². The van der Waals surface area contributed by atoms with Crippen LogP contribution in [-0.2, 0) is 4.79 Å². The number of rotatable bonds is 3. The van der Waals surface area contributed by atoms with Gasteiger partial charge in [-0.05, 0) is 10.8 Å². The van der Waals surface area contributed by atoms with E-state index in [1.165, 1.54) is 4.17 Å². The summed E-state index contributed by atoms with van der Waals surface area (Å²) in [6.07, 6.45) is 0. The highest BCUT2D eigenvalue weighted by Crippen LogP contribution is 2.05. The summed E-state index contributed by atoms with van der Waals surface area (Å²) in [5.74, 6) is 0. The van der Waals surface area contributed by atoms with Crippen LogP contribution in [0.25, 0.3) is 0 Å². The minimum Gasteiger partial charge on any atom is -0.336 e. The Labute approximate surface area is 67.9 Å². The molecule has 0 atom stereocenters. The van der Waals surface area contributed by atoms with Crippen LogP contribution < -0.4 is 0 Å². The lowest BCUT2D eigenvalue weighted by atomic mass is 10.9. The van der Waals surface area contributed by atoms with Gasteiger partial charge >= 0.3 is 20.4 Å². The summed E-state index contributed by atoms with van der Waals surface area (Å²) in [6, 6.07) is 0. The van der Waals surface area contributed by atoms with Gasteiger partial charge in [0, 0.05) is 8.07 Å². The monoisotopic (exact) mass is 154 g/mol. The van der Waals surface area contributed by atoms with Gasteiger partial charge < -0.3 is 4.79 Å². The van der Waals surface area contributed by atoms with E-state index in [1.54, 1.807) is 6.92 Å². The predicted octanol–water partition coefficient (Wildman–Crippen LogP) is 1.53. The second-order valence-corrected chi connectivity index (χ2v) is 12.4. The highest BCUT2D eigenvalue weighted by molar-refractivity contribution is 6.91. The van der Waals surface area contributed by atoms with Gasteiger partial charge in [-0.1, -0.05) is 19.6 Å². The van der Waals surface area contributed by atoms with Crippen molar-refractivity contribution in [2.45, 2.75) is 30.7 Å². The summed E-state index contributed by atoms with van der Waals surface area (Å²) in [7, 11) is -0.879. The molecule has 0 spiro atoms. The van der Waals surface area contributed by atoms with E-state index in [2.05, 4.69) is 19.6 Å². The summed E-state index contributed by atoms with van der Waals surface area (Å²) in [5, 5.41) is 0. The molecule has 0 aliphatic carbocycles. The molecule has 1 nitrogen and oxygen atoms in total. The molecular weight excluding hydrogens is 140 g/mol.